The first-order chi connectivity index (χ1) is 31.9. The Morgan fingerprint density at radius 2 is 0.884 bits per heavy atom. The molecule has 13 N–H and O–H groups in total. The quantitative estimate of drug-likeness (QED) is 0.0439. The average molecular weight is 981 g/mol. The summed E-state index contributed by atoms with van der Waals surface area (Å²) in [6, 6.07) is -11.6. The van der Waals surface area contributed by atoms with Gasteiger partial charge in [0.05, 0.1) is 18.9 Å². The van der Waals surface area contributed by atoms with Crippen LogP contribution in [0.15, 0.2) is 0 Å². The number of amides is 9. The molecule has 23 nitrogen and oxygen atoms in total. The van der Waals surface area contributed by atoms with E-state index in [1.807, 2.05) is 0 Å². The van der Waals surface area contributed by atoms with Crippen LogP contribution in [0.3, 0.4) is 0 Å². The second kappa shape index (κ2) is 28.6. The van der Waals surface area contributed by atoms with Gasteiger partial charge in [-0.1, -0.05) is 83.1 Å². The maximum atomic E-state index is 14.2. The zero-order valence-corrected chi connectivity index (χ0v) is 42.3. The Hall–Kier alpha value is -5.87. The number of likely N-dealkylation sites (tertiary alicyclic amines) is 1. The predicted octanol–water partition coefficient (Wildman–Crippen LogP) is -0.761. The maximum Gasteiger partial charge on any atom is 0.326 e. The highest BCUT2D eigenvalue weighted by molar-refractivity contribution is 5.99. The van der Waals surface area contributed by atoms with Crippen molar-refractivity contribution in [2.45, 2.75) is 182 Å². The molecule has 1 rings (SSSR count). The van der Waals surface area contributed by atoms with Crippen molar-refractivity contribution in [1.82, 2.24) is 42.1 Å². The number of carbonyl (C=O) groups excluding carboxylic acids is 9. The molecule has 23 heteroatoms. The maximum absolute atomic E-state index is 14.2. The first kappa shape index (κ1) is 61.1. The van der Waals surface area contributed by atoms with Crippen molar-refractivity contribution in [3.63, 3.8) is 0 Å². The van der Waals surface area contributed by atoms with E-state index in [4.69, 9.17) is 11.5 Å². The summed E-state index contributed by atoms with van der Waals surface area (Å²) >= 11 is 0. The summed E-state index contributed by atoms with van der Waals surface area (Å²) < 4.78 is 0. The highest BCUT2D eigenvalue weighted by atomic mass is 16.4. The molecular weight excluding hydrogens is 901 g/mol. The molecular formula is C46H80N10O13. The number of carboxylic acid groups (broad SMARTS) is 2. The fourth-order valence-electron chi connectivity index (χ4n) is 7.71. The van der Waals surface area contributed by atoms with Crippen LogP contribution in [0.5, 0.6) is 0 Å². The summed E-state index contributed by atoms with van der Waals surface area (Å²) in [6.45, 7) is 20.6. The molecule has 1 saturated heterocycles. The summed E-state index contributed by atoms with van der Waals surface area (Å²) in [4.78, 5) is 146. The normalized spacial score (nSPS) is 17.3. The van der Waals surface area contributed by atoms with Crippen LogP contribution >= 0.6 is 0 Å². The van der Waals surface area contributed by atoms with E-state index in [1.165, 1.54) is 0 Å². The second-order valence-electron chi connectivity index (χ2n) is 20.2. The van der Waals surface area contributed by atoms with Gasteiger partial charge in [-0.25, -0.2) is 4.79 Å². The van der Waals surface area contributed by atoms with Crippen molar-refractivity contribution in [3.05, 3.63) is 0 Å². The lowest BCUT2D eigenvalue weighted by molar-refractivity contribution is -0.146. The average Bonchev–Trinajstić information content (AvgIpc) is 3.71. The van der Waals surface area contributed by atoms with Crippen molar-refractivity contribution in [3.8, 4) is 0 Å². The van der Waals surface area contributed by atoms with Crippen LogP contribution in [0, 0.1) is 35.5 Å². The Balaban J connectivity index is 3.37. The molecule has 0 unspecified atom stereocenters. The molecule has 69 heavy (non-hydrogen) atoms. The number of primary amides is 1. The molecule has 0 saturated carbocycles. The van der Waals surface area contributed by atoms with Crippen molar-refractivity contribution >= 4 is 65.1 Å². The van der Waals surface area contributed by atoms with Gasteiger partial charge < -0.3 is 63.8 Å². The summed E-state index contributed by atoms with van der Waals surface area (Å²) in [5.41, 5.74) is 11.0. The van der Waals surface area contributed by atoms with Crippen molar-refractivity contribution in [1.29, 1.82) is 0 Å². The van der Waals surface area contributed by atoms with Crippen molar-refractivity contribution in [2.75, 3.05) is 6.54 Å². The zero-order chi connectivity index (χ0) is 53.2. The molecule has 0 bridgehead atoms. The van der Waals surface area contributed by atoms with E-state index in [-0.39, 0.29) is 50.0 Å². The van der Waals surface area contributed by atoms with Crippen LogP contribution in [0.4, 0.5) is 0 Å². The number of nitrogens with zero attached hydrogens (tertiary/aromatic N) is 1. The smallest absolute Gasteiger partial charge is 0.326 e. The van der Waals surface area contributed by atoms with Gasteiger partial charge in [0.25, 0.3) is 0 Å². The Morgan fingerprint density at radius 3 is 1.28 bits per heavy atom. The van der Waals surface area contributed by atoms with Crippen LogP contribution in [0.25, 0.3) is 0 Å². The third-order valence-electron chi connectivity index (χ3n) is 11.3. The van der Waals surface area contributed by atoms with Gasteiger partial charge in [0.1, 0.15) is 48.3 Å². The van der Waals surface area contributed by atoms with Gasteiger partial charge in [0.2, 0.25) is 53.2 Å². The lowest BCUT2D eigenvalue weighted by Gasteiger charge is -2.32. The third-order valence-corrected chi connectivity index (χ3v) is 11.3. The van der Waals surface area contributed by atoms with Crippen molar-refractivity contribution < 1.29 is 63.0 Å². The first-order valence-electron chi connectivity index (χ1n) is 23.8. The molecule has 1 aliphatic rings. The van der Waals surface area contributed by atoms with Crippen LogP contribution in [-0.2, 0) is 52.7 Å². The van der Waals surface area contributed by atoms with Crippen LogP contribution in [-0.4, -0.2) is 141 Å². The van der Waals surface area contributed by atoms with Gasteiger partial charge in [-0.2, -0.15) is 0 Å². The minimum atomic E-state index is -1.70. The predicted molar refractivity (Wildman–Crippen MR) is 253 cm³/mol. The van der Waals surface area contributed by atoms with Gasteiger partial charge in [0, 0.05) is 6.54 Å². The summed E-state index contributed by atoms with van der Waals surface area (Å²) in [7, 11) is 0. The standard InChI is InChI=1S/C46H80N10O13/c1-21(2)16-28(49-38(60)27(47)19-33(48)57)39(61)50-29(17-22(3)4)40(62)52-31(20-34(58)59)45(67)56-15-13-14-32(56)42(64)51-30(18-23(5)6)41(63)53-35(24(7)8)43(65)54-36(25(9)10)44(66)55-37(26(11)12)46(68)69/h21-32,35-37H,13-20,47H2,1-12H3,(H2,48,57)(H,49,60)(H,50,61)(H,51,64)(H,52,62)(H,53,63)(H,54,65)(H,55,66)(H,58,59)(H,68,69)/t27-,28-,29-,30-,31-,32-,35-,36-,37-/m0/s1. The number of aliphatic carboxylic acids is 2. The molecule has 1 heterocycles. The highest BCUT2D eigenvalue weighted by Crippen LogP contribution is 2.21. The molecule has 0 aromatic rings. The van der Waals surface area contributed by atoms with Crippen LogP contribution < -0.4 is 48.7 Å². The number of nitrogens with one attached hydrogen (secondary N) is 7. The van der Waals surface area contributed by atoms with E-state index in [1.54, 1.807) is 83.1 Å². The summed E-state index contributed by atoms with van der Waals surface area (Å²) in [5.74, 6) is -11.9. The largest absolute Gasteiger partial charge is 0.481 e. The van der Waals surface area contributed by atoms with Gasteiger partial charge >= 0.3 is 11.9 Å². The number of hydrogen-bond donors (Lipinski definition) is 11. The third kappa shape index (κ3) is 20.7. The summed E-state index contributed by atoms with van der Waals surface area (Å²) in [5, 5.41) is 37.5. The fourth-order valence-corrected chi connectivity index (χ4v) is 7.71. The Bertz CT molecular complexity index is 1840. The molecule has 0 radical (unpaired) electrons. The molecule has 0 aliphatic carbocycles. The molecule has 9 amide bonds. The molecule has 1 aliphatic heterocycles. The minimum Gasteiger partial charge on any atom is -0.481 e. The zero-order valence-electron chi connectivity index (χ0n) is 42.3. The van der Waals surface area contributed by atoms with Gasteiger partial charge in [-0.15, -0.1) is 0 Å². The van der Waals surface area contributed by atoms with E-state index in [0.717, 1.165) is 4.90 Å². The minimum absolute atomic E-state index is 0.00481. The topological polar surface area (TPSA) is 368 Å². The summed E-state index contributed by atoms with van der Waals surface area (Å²) in [6.07, 6.45) is -0.713. The molecule has 1 fully saturated rings. The lowest BCUT2D eigenvalue weighted by atomic mass is 9.97. The van der Waals surface area contributed by atoms with E-state index in [0.29, 0.717) is 6.42 Å². The van der Waals surface area contributed by atoms with Gasteiger partial charge in [-0.05, 0) is 67.6 Å². The van der Waals surface area contributed by atoms with E-state index in [9.17, 15) is 63.0 Å². The highest BCUT2D eigenvalue weighted by Gasteiger charge is 2.41. The van der Waals surface area contributed by atoms with Crippen LogP contribution in [0.2, 0.25) is 0 Å². The Kier molecular flexibility index (Phi) is 25.3. The number of rotatable bonds is 29. The molecule has 0 aromatic heterocycles. The lowest BCUT2D eigenvalue weighted by Crippen LogP contribution is -2.61. The van der Waals surface area contributed by atoms with Gasteiger partial charge in [0.15, 0.2) is 0 Å². The number of carbonyl (C=O) groups is 11. The van der Waals surface area contributed by atoms with Gasteiger partial charge in [-0.3, -0.25) is 47.9 Å². The number of hydrogen-bond acceptors (Lipinski definition) is 12. The Morgan fingerprint density at radius 1 is 0.507 bits per heavy atom. The molecule has 0 spiro atoms. The molecule has 9 atom stereocenters. The SMILES string of the molecule is CC(C)C[C@H](NC(=O)[C@H](CC(C)C)NC(=O)[C@@H](N)CC(N)=O)C(=O)N[C@@H](CC(=O)O)C(=O)N1CCC[C@H]1C(=O)N[C@@H](CC(C)C)C(=O)N[C@H](C(=O)N[C@H](C(=O)N[C@H](C(=O)O)C(C)C)C(C)C)C(C)C. The molecule has 392 valence electrons. The van der Waals surface area contributed by atoms with E-state index >= 15 is 0 Å². The number of nitrogens with two attached hydrogens (primary N) is 2. The van der Waals surface area contributed by atoms with E-state index < -0.39 is 150 Å². The van der Waals surface area contributed by atoms with Crippen LogP contribution in [0.1, 0.15) is 128 Å². The first-order valence-corrected chi connectivity index (χ1v) is 23.8. The van der Waals surface area contributed by atoms with Crippen molar-refractivity contribution in [2.24, 2.45) is 47.0 Å². The Labute approximate surface area is 405 Å². The molecule has 0 aromatic carbocycles. The monoisotopic (exact) mass is 981 g/mol. The van der Waals surface area contributed by atoms with E-state index in [2.05, 4.69) is 37.2 Å². The fraction of sp³-hybridized carbons (Fsp3) is 0.761. The second-order valence-corrected chi connectivity index (χ2v) is 20.2. The number of carboxylic acids is 2.